The van der Waals surface area contributed by atoms with Crippen molar-refractivity contribution in [2.75, 3.05) is 0 Å². The van der Waals surface area contributed by atoms with Crippen molar-refractivity contribution in [3.63, 3.8) is 0 Å². The van der Waals surface area contributed by atoms with E-state index < -0.39 is 0 Å². The molecule has 0 aromatic carbocycles. The molecule has 0 aliphatic carbocycles. The third-order valence-corrected chi connectivity index (χ3v) is 0.439. The summed E-state index contributed by atoms with van der Waals surface area (Å²) < 4.78 is 0. The van der Waals surface area contributed by atoms with E-state index in [4.69, 9.17) is 10.5 Å². The molecule has 5 heteroatoms. The van der Waals surface area contributed by atoms with E-state index in [-0.39, 0.29) is 32.7 Å². The van der Waals surface area contributed by atoms with Gasteiger partial charge in [0.05, 0.1) is 0 Å². The van der Waals surface area contributed by atoms with Crippen LogP contribution in [-0.2, 0) is 32.7 Å². The van der Waals surface area contributed by atoms with E-state index in [1.54, 1.807) is 18.3 Å². The first-order valence-electron chi connectivity index (χ1n) is 1.82. The molecule has 0 aliphatic heterocycles. The van der Waals surface area contributed by atoms with Crippen LogP contribution in [0.1, 0.15) is 0 Å². The Hall–Kier alpha value is -0.216. The SMILES string of the molecule is [N-]=O.[Y].[c-]1cccnn1. The molecule has 0 saturated heterocycles. The van der Waals surface area contributed by atoms with Gasteiger partial charge in [-0.1, -0.05) is 0 Å². The molecule has 0 saturated carbocycles. The maximum atomic E-state index is 7.25. The number of aromatic nitrogens is 2. The molecule has 1 rings (SSSR count). The molecule has 0 aliphatic rings. The Bertz CT molecular complexity index is 98.7. The van der Waals surface area contributed by atoms with Gasteiger partial charge in [0.25, 0.3) is 0 Å². The zero-order valence-electron chi connectivity index (χ0n) is 4.56. The Morgan fingerprint density at radius 1 is 1.44 bits per heavy atom. The van der Waals surface area contributed by atoms with Crippen LogP contribution in [0.3, 0.4) is 0 Å². The fourth-order valence-electron chi connectivity index (χ4n) is 0.225. The van der Waals surface area contributed by atoms with Crippen molar-refractivity contribution >= 4 is 0 Å². The van der Waals surface area contributed by atoms with Crippen LogP contribution in [0.25, 0.3) is 5.59 Å². The van der Waals surface area contributed by atoms with Gasteiger partial charge in [-0.05, 0) is 6.20 Å². The molecule has 0 fully saturated rings. The molecule has 1 aromatic heterocycles. The van der Waals surface area contributed by atoms with Gasteiger partial charge < -0.3 is 10.5 Å². The van der Waals surface area contributed by atoms with E-state index in [1.165, 1.54) is 0 Å². The molecule has 1 radical (unpaired) electrons. The maximum Gasteiger partial charge on any atom is 0 e. The van der Waals surface area contributed by atoms with Gasteiger partial charge in [-0.3, -0.25) is 5.10 Å². The van der Waals surface area contributed by atoms with Crippen molar-refractivity contribution in [2.45, 2.75) is 0 Å². The first kappa shape index (κ1) is 11.6. The number of nitroso groups, excluding NO2 is 1. The third kappa shape index (κ3) is 7.78. The van der Waals surface area contributed by atoms with Gasteiger partial charge in [-0.15, -0.1) is 6.20 Å². The van der Waals surface area contributed by atoms with E-state index >= 15 is 0 Å². The van der Waals surface area contributed by atoms with Gasteiger partial charge in [0.15, 0.2) is 0 Å². The zero-order chi connectivity index (χ0) is 6.24. The number of nitrogens with zero attached hydrogens (tertiary/aromatic N) is 3. The second-order valence-electron chi connectivity index (χ2n) is 0.853. The van der Waals surface area contributed by atoms with Gasteiger partial charge in [0.2, 0.25) is 0 Å². The minimum Gasteiger partial charge on any atom is -0.577 e. The predicted molar refractivity (Wildman–Crippen MR) is 27.6 cm³/mol. The number of hydrogen-bond donors (Lipinski definition) is 0. The molecule has 0 unspecified atom stereocenters. The smallest absolute Gasteiger partial charge is 0 e. The summed E-state index contributed by atoms with van der Waals surface area (Å²) in [6.45, 7) is 0. The van der Waals surface area contributed by atoms with Gasteiger partial charge in [0, 0.05) is 32.7 Å². The Kier molecular flexibility index (Phi) is 13.8. The molecular formula is C4H3N3OY-2. The van der Waals surface area contributed by atoms with E-state index in [9.17, 15) is 0 Å². The fourth-order valence-corrected chi connectivity index (χ4v) is 0.225. The molecule has 9 heavy (non-hydrogen) atoms. The van der Waals surface area contributed by atoms with Crippen molar-refractivity contribution in [1.29, 1.82) is 0 Å². The normalized spacial score (nSPS) is 5.78. The molecule has 45 valence electrons. The molecule has 0 amide bonds. The Morgan fingerprint density at radius 2 is 2.11 bits per heavy atom. The predicted octanol–water partition coefficient (Wildman–Crippen LogP) is 0.596. The first-order valence-corrected chi connectivity index (χ1v) is 1.82. The summed E-state index contributed by atoms with van der Waals surface area (Å²) in [6, 6.07) is 3.47. The summed E-state index contributed by atoms with van der Waals surface area (Å²) in [5, 5.41) is 6.89. The van der Waals surface area contributed by atoms with Crippen LogP contribution in [-0.4, -0.2) is 10.2 Å². The number of hydrogen-bond acceptors (Lipinski definition) is 3. The summed E-state index contributed by atoms with van der Waals surface area (Å²) >= 11 is 0. The quantitative estimate of drug-likeness (QED) is 0.573. The first-order chi connectivity index (χ1) is 4.00. The van der Waals surface area contributed by atoms with E-state index in [2.05, 4.69) is 16.4 Å². The molecule has 1 aromatic rings. The summed E-state index contributed by atoms with van der Waals surface area (Å²) in [5.74, 6) is 0. The van der Waals surface area contributed by atoms with Gasteiger partial charge in [-0.2, -0.15) is 11.2 Å². The van der Waals surface area contributed by atoms with Crippen LogP contribution in [0.2, 0.25) is 0 Å². The molecule has 0 atom stereocenters. The van der Waals surface area contributed by atoms with Crippen LogP contribution >= 0.6 is 0 Å². The minimum absolute atomic E-state index is 0. The van der Waals surface area contributed by atoms with Crippen LogP contribution in [0.15, 0.2) is 18.3 Å². The fraction of sp³-hybridized carbons (Fsp3) is 0. The van der Waals surface area contributed by atoms with Crippen LogP contribution in [0, 0.1) is 11.1 Å². The number of rotatable bonds is 0. The van der Waals surface area contributed by atoms with E-state index in [0.29, 0.717) is 0 Å². The molecule has 1 heterocycles. The molecular weight excluding hydrogens is 195 g/mol. The Morgan fingerprint density at radius 3 is 2.22 bits per heavy atom. The van der Waals surface area contributed by atoms with Crippen LogP contribution in [0.5, 0.6) is 0 Å². The van der Waals surface area contributed by atoms with Gasteiger partial charge in [-0.25, -0.2) is 6.07 Å². The van der Waals surface area contributed by atoms with Crippen molar-refractivity contribution < 1.29 is 32.7 Å². The Labute approximate surface area is 77.7 Å². The van der Waals surface area contributed by atoms with Crippen molar-refractivity contribution in [3.8, 4) is 0 Å². The summed E-state index contributed by atoms with van der Waals surface area (Å²) in [4.78, 5) is 7.25. The molecule has 0 N–H and O–H groups in total. The largest absolute Gasteiger partial charge is 0.577 e. The van der Waals surface area contributed by atoms with Crippen LogP contribution < -0.4 is 0 Å². The average Bonchev–Trinajstić information content (AvgIpc) is 1.96. The second-order valence-corrected chi connectivity index (χ2v) is 0.853. The summed E-state index contributed by atoms with van der Waals surface area (Å²) in [5.41, 5.74) is 5.75. The van der Waals surface area contributed by atoms with Crippen molar-refractivity contribution in [3.05, 3.63) is 35.0 Å². The summed E-state index contributed by atoms with van der Waals surface area (Å²) in [7, 11) is 0. The zero-order valence-corrected chi connectivity index (χ0v) is 7.40. The van der Waals surface area contributed by atoms with E-state index in [0.717, 1.165) is 0 Å². The summed E-state index contributed by atoms with van der Waals surface area (Å²) in [6.07, 6.45) is 4.14. The third-order valence-electron chi connectivity index (χ3n) is 0.439. The van der Waals surface area contributed by atoms with Gasteiger partial charge >= 0.3 is 0 Å². The van der Waals surface area contributed by atoms with Gasteiger partial charge in [0.1, 0.15) is 0 Å². The standard InChI is InChI=1S/C4H3N2.NO.Y/c1-2-4-6-5-3-1;1-2;/h1-3H;;/q2*-1;. The molecule has 4 nitrogen and oxygen atoms in total. The van der Waals surface area contributed by atoms with Crippen molar-refractivity contribution in [2.24, 2.45) is 0 Å². The topological polar surface area (TPSA) is 65.2 Å². The average molecular weight is 198 g/mol. The monoisotopic (exact) mass is 198 g/mol. The molecule has 0 bridgehead atoms. The Balaban J connectivity index is 0. The van der Waals surface area contributed by atoms with E-state index in [1.807, 2.05) is 0 Å². The van der Waals surface area contributed by atoms with Crippen LogP contribution in [0.4, 0.5) is 0 Å². The minimum atomic E-state index is 0. The maximum absolute atomic E-state index is 7.25. The van der Waals surface area contributed by atoms with Crippen molar-refractivity contribution in [1.82, 2.24) is 10.2 Å². The molecule has 0 spiro atoms. The second kappa shape index (κ2) is 10.7.